The van der Waals surface area contributed by atoms with Gasteiger partial charge in [0.25, 0.3) is 0 Å². The van der Waals surface area contributed by atoms with E-state index < -0.39 is 0 Å². The summed E-state index contributed by atoms with van der Waals surface area (Å²) in [5, 5.41) is 0. The van der Waals surface area contributed by atoms with Crippen LogP contribution >= 0.6 is 0 Å². The Balaban J connectivity index is 2.78. The molecule has 1 rings (SSSR count). The molecule has 0 aromatic heterocycles. The standard InChI is InChI=1S/C16H34N2O/c1-4-15(5-2)18(11-12-19-3)16-10-8-6-7-9-14(16)13-17/h14-16H,4-13,17H2,1-3H3. The maximum atomic E-state index is 6.05. The maximum absolute atomic E-state index is 6.05. The Morgan fingerprint density at radius 1 is 1.16 bits per heavy atom. The first-order valence-electron chi connectivity index (χ1n) is 8.23. The molecule has 3 heteroatoms. The lowest BCUT2D eigenvalue weighted by Crippen LogP contribution is -2.49. The summed E-state index contributed by atoms with van der Waals surface area (Å²) in [6.45, 7) is 7.35. The van der Waals surface area contributed by atoms with Crippen molar-refractivity contribution in [2.45, 2.75) is 70.9 Å². The van der Waals surface area contributed by atoms with Crippen LogP contribution in [0, 0.1) is 5.92 Å². The minimum atomic E-state index is 0.674. The van der Waals surface area contributed by atoms with E-state index in [1.54, 1.807) is 7.11 Å². The Labute approximate surface area is 119 Å². The van der Waals surface area contributed by atoms with Crippen LogP contribution in [0.2, 0.25) is 0 Å². The fourth-order valence-corrected chi connectivity index (χ4v) is 3.65. The molecule has 0 amide bonds. The summed E-state index contributed by atoms with van der Waals surface area (Å²) in [7, 11) is 1.80. The first-order chi connectivity index (χ1) is 9.28. The molecule has 1 aliphatic carbocycles. The Bertz CT molecular complexity index is 219. The van der Waals surface area contributed by atoms with Crippen molar-refractivity contribution in [1.29, 1.82) is 0 Å². The SMILES string of the molecule is CCC(CC)N(CCOC)C1CCCCCC1CN. The predicted molar refractivity (Wildman–Crippen MR) is 82.4 cm³/mol. The molecule has 3 nitrogen and oxygen atoms in total. The van der Waals surface area contributed by atoms with E-state index in [9.17, 15) is 0 Å². The molecule has 0 bridgehead atoms. The van der Waals surface area contributed by atoms with Gasteiger partial charge in [0.15, 0.2) is 0 Å². The molecule has 114 valence electrons. The zero-order chi connectivity index (χ0) is 14.1. The second-order valence-electron chi connectivity index (χ2n) is 5.90. The summed E-state index contributed by atoms with van der Waals surface area (Å²) in [5.74, 6) is 0.681. The summed E-state index contributed by atoms with van der Waals surface area (Å²) in [5.41, 5.74) is 6.05. The summed E-state index contributed by atoms with van der Waals surface area (Å²) in [6.07, 6.45) is 9.20. The zero-order valence-corrected chi connectivity index (χ0v) is 13.2. The van der Waals surface area contributed by atoms with E-state index in [-0.39, 0.29) is 0 Å². The molecular weight excluding hydrogens is 236 g/mol. The average molecular weight is 270 g/mol. The summed E-state index contributed by atoms with van der Waals surface area (Å²) >= 11 is 0. The van der Waals surface area contributed by atoms with Gasteiger partial charge < -0.3 is 10.5 Å². The fraction of sp³-hybridized carbons (Fsp3) is 1.00. The number of rotatable bonds is 8. The minimum absolute atomic E-state index is 0.674. The Kier molecular flexibility index (Phi) is 8.67. The van der Waals surface area contributed by atoms with Gasteiger partial charge in [-0.05, 0) is 38.1 Å². The normalized spacial score (nSPS) is 24.9. The quantitative estimate of drug-likeness (QED) is 0.689. The maximum Gasteiger partial charge on any atom is 0.0589 e. The molecule has 2 atom stereocenters. The molecule has 1 fully saturated rings. The lowest BCUT2D eigenvalue weighted by Gasteiger charge is -2.40. The van der Waals surface area contributed by atoms with Crippen molar-refractivity contribution in [2.24, 2.45) is 11.7 Å². The lowest BCUT2D eigenvalue weighted by molar-refractivity contribution is 0.0512. The third-order valence-corrected chi connectivity index (χ3v) is 4.81. The number of methoxy groups -OCH3 is 1. The van der Waals surface area contributed by atoms with Crippen molar-refractivity contribution >= 4 is 0 Å². The second-order valence-corrected chi connectivity index (χ2v) is 5.90. The lowest BCUT2D eigenvalue weighted by atomic mass is 9.91. The van der Waals surface area contributed by atoms with Gasteiger partial charge in [0.2, 0.25) is 0 Å². The number of hydrogen-bond acceptors (Lipinski definition) is 3. The highest BCUT2D eigenvalue weighted by Gasteiger charge is 2.30. The van der Waals surface area contributed by atoms with Gasteiger partial charge in [-0.2, -0.15) is 0 Å². The molecule has 1 aliphatic rings. The van der Waals surface area contributed by atoms with Gasteiger partial charge in [0.05, 0.1) is 6.61 Å². The first kappa shape index (κ1) is 16.9. The van der Waals surface area contributed by atoms with Crippen LogP contribution in [0.1, 0.15) is 58.8 Å². The van der Waals surface area contributed by atoms with Gasteiger partial charge in [-0.25, -0.2) is 0 Å². The van der Waals surface area contributed by atoms with Crippen molar-refractivity contribution in [1.82, 2.24) is 4.90 Å². The molecule has 0 aromatic rings. The number of nitrogens with two attached hydrogens (primary N) is 1. The fourth-order valence-electron chi connectivity index (χ4n) is 3.65. The summed E-state index contributed by atoms with van der Waals surface area (Å²) in [4.78, 5) is 2.71. The van der Waals surface area contributed by atoms with Gasteiger partial charge in [0.1, 0.15) is 0 Å². The van der Waals surface area contributed by atoms with Crippen molar-refractivity contribution in [3.63, 3.8) is 0 Å². The largest absolute Gasteiger partial charge is 0.383 e. The topological polar surface area (TPSA) is 38.5 Å². The van der Waals surface area contributed by atoms with Crippen LogP contribution in [0.3, 0.4) is 0 Å². The van der Waals surface area contributed by atoms with Crippen LogP contribution in [0.15, 0.2) is 0 Å². The molecule has 2 unspecified atom stereocenters. The van der Waals surface area contributed by atoms with Gasteiger partial charge >= 0.3 is 0 Å². The van der Waals surface area contributed by atoms with Crippen molar-refractivity contribution in [2.75, 3.05) is 26.8 Å². The molecule has 0 radical (unpaired) electrons. The third-order valence-electron chi connectivity index (χ3n) is 4.81. The van der Waals surface area contributed by atoms with Crippen LogP contribution in [0.5, 0.6) is 0 Å². The number of ether oxygens (including phenoxy) is 1. The Morgan fingerprint density at radius 3 is 2.42 bits per heavy atom. The summed E-state index contributed by atoms with van der Waals surface area (Å²) < 4.78 is 5.33. The highest BCUT2D eigenvalue weighted by atomic mass is 16.5. The van der Waals surface area contributed by atoms with E-state index in [1.807, 2.05) is 0 Å². The van der Waals surface area contributed by atoms with Crippen LogP contribution < -0.4 is 5.73 Å². The van der Waals surface area contributed by atoms with E-state index in [0.29, 0.717) is 18.0 Å². The van der Waals surface area contributed by atoms with Gasteiger partial charge in [0, 0.05) is 25.7 Å². The van der Waals surface area contributed by atoms with Gasteiger partial charge in [-0.3, -0.25) is 4.90 Å². The Morgan fingerprint density at radius 2 is 1.84 bits per heavy atom. The molecular formula is C16H34N2O. The second kappa shape index (κ2) is 9.73. The summed E-state index contributed by atoms with van der Waals surface area (Å²) in [6, 6.07) is 1.36. The molecule has 0 aliphatic heterocycles. The van der Waals surface area contributed by atoms with Crippen LogP contribution in [0.25, 0.3) is 0 Å². The number of hydrogen-bond donors (Lipinski definition) is 1. The highest BCUT2D eigenvalue weighted by Crippen LogP contribution is 2.29. The molecule has 2 N–H and O–H groups in total. The molecule has 19 heavy (non-hydrogen) atoms. The highest BCUT2D eigenvalue weighted by molar-refractivity contribution is 4.86. The van der Waals surface area contributed by atoms with Crippen LogP contribution in [-0.2, 0) is 4.74 Å². The smallest absolute Gasteiger partial charge is 0.0589 e. The average Bonchev–Trinajstić information content (AvgIpc) is 2.68. The van der Waals surface area contributed by atoms with Gasteiger partial charge in [-0.15, -0.1) is 0 Å². The molecule has 1 saturated carbocycles. The van der Waals surface area contributed by atoms with Crippen LogP contribution in [-0.4, -0.2) is 43.8 Å². The molecule has 0 spiro atoms. The number of nitrogens with zero attached hydrogens (tertiary/aromatic N) is 1. The Hall–Kier alpha value is -0.120. The van der Waals surface area contributed by atoms with E-state index in [2.05, 4.69) is 18.7 Å². The monoisotopic (exact) mass is 270 g/mol. The molecule has 0 aromatic carbocycles. The van der Waals surface area contributed by atoms with Crippen LogP contribution in [0.4, 0.5) is 0 Å². The van der Waals surface area contributed by atoms with E-state index in [1.165, 1.54) is 44.9 Å². The van der Waals surface area contributed by atoms with Crippen molar-refractivity contribution in [3.05, 3.63) is 0 Å². The third kappa shape index (κ3) is 5.05. The van der Waals surface area contributed by atoms with Gasteiger partial charge in [-0.1, -0.05) is 33.1 Å². The van der Waals surface area contributed by atoms with E-state index >= 15 is 0 Å². The predicted octanol–water partition coefficient (Wildman–Crippen LogP) is 3.03. The van der Waals surface area contributed by atoms with Crippen molar-refractivity contribution < 1.29 is 4.74 Å². The first-order valence-corrected chi connectivity index (χ1v) is 8.23. The van der Waals surface area contributed by atoms with E-state index in [4.69, 9.17) is 10.5 Å². The molecule has 0 saturated heterocycles. The van der Waals surface area contributed by atoms with E-state index in [0.717, 1.165) is 19.7 Å². The zero-order valence-electron chi connectivity index (χ0n) is 13.2. The minimum Gasteiger partial charge on any atom is -0.383 e. The molecule has 0 heterocycles. The van der Waals surface area contributed by atoms with Crippen molar-refractivity contribution in [3.8, 4) is 0 Å².